The van der Waals surface area contributed by atoms with Crippen LogP contribution in [-0.4, -0.2) is 31.8 Å². The Balaban J connectivity index is 0. The van der Waals surface area contributed by atoms with Crippen molar-refractivity contribution in [2.75, 3.05) is 0 Å². The van der Waals surface area contributed by atoms with Gasteiger partial charge in [0.05, 0.1) is 11.4 Å². The Labute approximate surface area is 67.3 Å². The molecule has 0 saturated carbocycles. The van der Waals surface area contributed by atoms with Crippen molar-refractivity contribution in [3.8, 4) is 0 Å². The quantitative estimate of drug-likeness (QED) is 0.337. The molecule has 0 aliphatic rings. The lowest BCUT2D eigenvalue weighted by molar-refractivity contribution is -0.0510. The van der Waals surface area contributed by atoms with Gasteiger partial charge >= 0.3 is 15.6 Å². The van der Waals surface area contributed by atoms with Gasteiger partial charge in [0.2, 0.25) is 0 Å². The summed E-state index contributed by atoms with van der Waals surface area (Å²) in [5, 5.41) is 0. The van der Waals surface area contributed by atoms with Crippen LogP contribution in [0.4, 0.5) is 13.2 Å². The largest absolute Gasteiger partial charge is 0.750 e. The molecule has 0 aromatic carbocycles. The van der Waals surface area contributed by atoms with Gasteiger partial charge in [0.15, 0.2) is 0 Å². The number of rotatable bonds is 0. The average molecular weight is 231 g/mol. The second-order valence-corrected chi connectivity index (χ2v) is 2.99. The first-order valence-electron chi connectivity index (χ1n) is 1.80. The fraction of sp³-hybridized carbons (Fsp3) is 1.00. The van der Waals surface area contributed by atoms with Gasteiger partial charge in [-0.05, 0) is 0 Å². The lowest BCUT2D eigenvalue weighted by atomic mass is 11.6. The topological polar surface area (TPSA) is 115 Å². The SMILES string of the molecule is O=S(=O)(O)C(F)(F)F.O=S([O-])O. The van der Waals surface area contributed by atoms with E-state index in [9.17, 15) is 13.2 Å². The van der Waals surface area contributed by atoms with Gasteiger partial charge in [-0.15, -0.1) is 0 Å². The molecule has 12 heavy (non-hydrogen) atoms. The molecule has 0 aliphatic heterocycles. The minimum atomic E-state index is -5.84. The summed E-state index contributed by atoms with van der Waals surface area (Å²) in [7, 11) is -5.84. The van der Waals surface area contributed by atoms with Crippen LogP contribution in [0.5, 0.6) is 0 Å². The minimum absolute atomic E-state index is 2.86. The van der Waals surface area contributed by atoms with Crippen molar-refractivity contribution in [2.45, 2.75) is 5.51 Å². The number of hydrogen-bond donors (Lipinski definition) is 2. The maximum atomic E-state index is 10.7. The van der Waals surface area contributed by atoms with Crippen molar-refractivity contribution in [1.29, 1.82) is 0 Å². The van der Waals surface area contributed by atoms with Crippen molar-refractivity contribution in [2.24, 2.45) is 0 Å². The Morgan fingerprint density at radius 3 is 1.42 bits per heavy atom. The second-order valence-electron chi connectivity index (χ2n) is 1.14. The zero-order valence-electron chi connectivity index (χ0n) is 4.98. The summed E-state index contributed by atoms with van der Waals surface area (Å²) in [6.45, 7) is 0. The van der Waals surface area contributed by atoms with Gasteiger partial charge in [0.1, 0.15) is 0 Å². The van der Waals surface area contributed by atoms with E-state index < -0.39 is 27.0 Å². The van der Waals surface area contributed by atoms with Gasteiger partial charge in [-0.2, -0.15) is 21.6 Å². The van der Waals surface area contributed by atoms with Crippen LogP contribution in [0.25, 0.3) is 0 Å². The van der Waals surface area contributed by atoms with Crippen LogP contribution in [0.15, 0.2) is 0 Å². The van der Waals surface area contributed by atoms with Crippen molar-refractivity contribution in [1.82, 2.24) is 0 Å². The molecular weight excluding hydrogens is 229 g/mol. The predicted octanol–water partition coefficient (Wildman–Crippen LogP) is -0.267. The minimum Gasteiger partial charge on any atom is -0.750 e. The maximum absolute atomic E-state index is 10.7. The van der Waals surface area contributed by atoms with E-state index in [0.717, 1.165) is 0 Å². The van der Waals surface area contributed by atoms with Crippen molar-refractivity contribution in [3.63, 3.8) is 0 Å². The zero-order valence-corrected chi connectivity index (χ0v) is 6.61. The first kappa shape index (κ1) is 14.3. The van der Waals surface area contributed by atoms with Crippen molar-refractivity contribution >= 4 is 21.5 Å². The lowest BCUT2D eigenvalue weighted by Crippen LogP contribution is -2.21. The predicted molar refractivity (Wildman–Crippen MR) is 29.2 cm³/mol. The molecule has 0 fully saturated rings. The smallest absolute Gasteiger partial charge is 0.522 e. The van der Waals surface area contributed by atoms with E-state index >= 15 is 0 Å². The van der Waals surface area contributed by atoms with Gasteiger partial charge in [-0.25, -0.2) is 4.21 Å². The summed E-state index contributed by atoms with van der Waals surface area (Å²) >= 11 is -2.86. The molecule has 0 saturated heterocycles. The summed E-state index contributed by atoms with van der Waals surface area (Å²) in [4.78, 5) is 0. The van der Waals surface area contributed by atoms with E-state index in [0.29, 0.717) is 0 Å². The third kappa shape index (κ3) is 9.77. The standard InChI is InChI=1S/CHF3O3S.H2O3S/c2-1(3,4)8(5,6)7;1-4(2)3/h(H,5,6,7);(H2,1,2,3)/p-1. The molecule has 0 spiro atoms. The Bertz CT molecular complexity index is 234. The van der Waals surface area contributed by atoms with E-state index in [1.807, 2.05) is 0 Å². The first-order valence-corrected chi connectivity index (χ1v) is 4.27. The first-order chi connectivity index (χ1) is 4.98. The fourth-order valence-corrected chi connectivity index (χ4v) is 0. The van der Waals surface area contributed by atoms with Crippen LogP contribution < -0.4 is 0 Å². The van der Waals surface area contributed by atoms with Crippen molar-refractivity contribution in [3.05, 3.63) is 0 Å². The highest BCUT2D eigenvalue weighted by Crippen LogP contribution is 2.20. The maximum Gasteiger partial charge on any atom is 0.522 e. The fourth-order valence-electron chi connectivity index (χ4n) is 0. The van der Waals surface area contributed by atoms with Crippen LogP contribution in [0.1, 0.15) is 0 Å². The van der Waals surface area contributed by atoms with Crippen LogP contribution in [0.3, 0.4) is 0 Å². The van der Waals surface area contributed by atoms with Crippen LogP contribution in [-0.2, 0) is 21.5 Å². The highest BCUT2D eigenvalue weighted by atomic mass is 32.2. The van der Waals surface area contributed by atoms with E-state index in [2.05, 4.69) is 0 Å². The molecule has 0 heterocycles. The number of alkyl halides is 3. The third-order valence-corrected chi connectivity index (χ3v) is 0.877. The van der Waals surface area contributed by atoms with E-state index in [1.165, 1.54) is 0 Å². The molecule has 1 unspecified atom stereocenters. The van der Waals surface area contributed by atoms with Gasteiger partial charge < -0.3 is 9.11 Å². The molecule has 0 aliphatic carbocycles. The molecule has 0 aromatic heterocycles. The summed E-state index contributed by atoms with van der Waals surface area (Å²) in [5.74, 6) is 0. The highest BCUT2D eigenvalue weighted by molar-refractivity contribution is 7.86. The zero-order chi connectivity index (χ0) is 10.6. The van der Waals surface area contributed by atoms with Crippen LogP contribution in [0.2, 0.25) is 0 Å². The molecular formula is CH2F3O6S2-. The highest BCUT2D eigenvalue weighted by Gasteiger charge is 2.44. The lowest BCUT2D eigenvalue weighted by Gasteiger charge is -1.97. The average Bonchev–Trinajstić information content (AvgIpc) is 1.55. The molecule has 0 rings (SSSR count). The summed E-state index contributed by atoms with van der Waals surface area (Å²) in [6, 6.07) is 0. The number of halogens is 3. The van der Waals surface area contributed by atoms with Crippen LogP contribution >= 0.6 is 0 Å². The monoisotopic (exact) mass is 231 g/mol. The molecule has 0 bridgehead atoms. The second kappa shape index (κ2) is 4.71. The molecule has 11 heteroatoms. The normalized spacial score (nSPS) is 14.5. The third-order valence-electron chi connectivity index (χ3n) is 0.292. The molecule has 2 N–H and O–H groups in total. The van der Waals surface area contributed by atoms with E-state index in [4.69, 9.17) is 26.3 Å². The molecule has 76 valence electrons. The van der Waals surface area contributed by atoms with Gasteiger partial charge in [-0.3, -0.25) is 4.55 Å². The van der Waals surface area contributed by atoms with E-state index in [1.54, 1.807) is 0 Å². The molecule has 6 nitrogen and oxygen atoms in total. The molecule has 0 aromatic rings. The molecule has 0 amide bonds. The van der Waals surface area contributed by atoms with Crippen molar-refractivity contribution < 1.29 is 39.5 Å². The summed E-state index contributed by atoms with van der Waals surface area (Å²) in [5.41, 5.74) is -5.53. The van der Waals surface area contributed by atoms with Gasteiger partial charge in [-0.1, -0.05) is 0 Å². The number of hydrogen-bond acceptors (Lipinski definition) is 4. The Hall–Kier alpha value is -0.230. The Kier molecular flexibility index (Phi) is 5.62. The summed E-state index contributed by atoms with van der Waals surface area (Å²) < 4.78 is 81.6. The van der Waals surface area contributed by atoms with E-state index in [-0.39, 0.29) is 0 Å². The van der Waals surface area contributed by atoms with Gasteiger partial charge in [0, 0.05) is 0 Å². The molecule has 1 atom stereocenters. The van der Waals surface area contributed by atoms with Crippen LogP contribution in [0, 0.1) is 0 Å². The summed E-state index contributed by atoms with van der Waals surface area (Å²) in [6.07, 6.45) is 0. The Morgan fingerprint density at radius 2 is 1.42 bits per heavy atom. The molecule has 0 radical (unpaired) electrons. The van der Waals surface area contributed by atoms with Gasteiger partial charge in [0.25, 0.3) is 0 Å². The Morgan fingerprint density at radius 1 is 1.33 bits per heavy atom.